The second-order valence-corrected chi connectivity index (χ2v) is 1.41. The third kappa shape index (κ3) is 2.15. The first kappa shape index (κ1) is 7.99. The zero-order valence-corrected chi connectivity index (χ0v) is 5.47. The molecule has 0 fully saturated rings. The maximum absolute atomic E-state index is 10.5. The molecule has 1 N–H and O–H groups in total. The number of esters is 1. The molecule has 3 nitrogen and oxygen atoms in total. The van der Waals surface area contributed by atoms with Gasteiger partial charge in [-0.2, -0.15) is 0 Å². The van der Waals surface area contributed by atoms with Gasteiger partial charge in [0.1, 0.15) is 0 Å². The number of hydrogen-bond donors (Lipinski definition) is 1. The molecule has 0 aromatic carbocycles. The molecule has 0 bridgehead atoms. The fraction of sp³-hybridized carbons (Fsp3) is 0.500. The SMILES string of the molecule is C#C[C@H](NC)C(=O)OC. The summed E-state index contributed by atoms with van der Waals surface area (Å²) in [5, 5.41) is 2.59. The summed E-state index contributed by atoms with van der Waals surface area (Å²) in [4.78, 5) is 10.5. The zero-order chi connectivity index (χ0) is 7.28. The van der Waals surface area contributed by atoms with Crippen LogP contribution in [0.15, 0.2) is 0 Å². The van der Waals surface area contributed by atoms with Crippen molar-refractivity contribution >= 4 is 5.97 Å². The second-order valence-electron chi connectivity index (χ2n) is 1.41. The summed E-state index contributed by atoms with van der Waals surface area (Å²) < 4.78 is 4.35. The van der Waals surface area contributed by atoms with Crippen molar-refractivity contribution in [2.45, 2.75) is 6.04 Å². The van der Waals surface area contributed by atoms with E-state index in [4.69, 9.17) is 6.42 Å². The highest BCUT2D eigenvalue weighted by molar-refractivity contribution is 5.79. The van der Waals surface area contributed by atoms with Crippen LogP contribution in [0.3, 0.4) is 0 Å². The maximum atomic E-state index is 10.5. The average Bonchev–Trinajstić information content (AvgIpc) is 1.90. The first-order chi connectivity index (χ1) is 4.26. The molecule has 9 heavy (non-hydrogen) atoms. The van der Waals surface area contributed by atoms with Crippen LogP contribution in [0.1, 0.15) is 0 Å². The lowest BCUT2D eigenvalue weighted by molar-refractivity contribution is -0.141. The standard InChI is InChI=1S/C6H9NO2/c1-4-5(7-2)6(8)9-3/h1,5,7H,2-3H3/t5-/m0/s1. The smallest absolute Gasteiger partial charge is 0.335 e. The Labute approximate surface area is 54.4 Å². The van der Waals surface area contributed by atoms with Gasteiger partial charge in [0.05, 0.1) is 7.11 Å². The number of hydrogen-bond acceptors (Lipinski definition) is 3. The van der Waals surface area contributed by atoms with Crippen molar-refractivity contribution in [1.29, 1.82) is 0 Å². The minimum absolute atomic E-state index is 0.431. The predicted molar refractivity (Wildman–Crippen MR) is 33.7 cm³/mol. The Morgan fingerprint density at radius 1 is 1.89 bits per heavy atom. The Kier molecular flexibility index (Phi) is 3.49. The van der Waals surface area contributed by atoms with Crippen molar-refractivity contribution in [3.05, 3.63) is 0 Å². The van der Waals surface area contributed by atoms with E-state index in [1.807, 2.05) is 0 Å². The van der Waals surface area contributed by atoms with Gasteiger partial charge in [0.25, 0.3) is 0 Å². The van der Waals surface area contributed by atoms with E-state index in [-0.39, 0.29) is 0 Å². The number of rotatable bonds is 2. The number of terminal acetylenes is 1. The van der Waals surface area contributed by atoms with Crippen LogP contribution in [0.4, 0.5) is 0 Å². The van der Waals surface area contributed by atoms with Crippen molar-refractivity contribution in [2.75, 3.05) is 14.2 Å². The first-order valence-electron chi connectivity index (χ1n) is 2.47. The lowest BCUT2D eigenvalue weighted by Crippen LogP contribution is -2.33. The molecule has 0 aliphatic heterocycles. The average molecular weight is 127 g/mol. The lowest BCUT2D eigenvalue weighted by atomic mass is 10.3. The molecule has 50 valence electrons. The monoisotopic (exact) mass is 127 g/mol. The van der Waals surface area contributed by atoms with E-state index in [1.165, 1.54) is 7.11 Å². The van der Waals surface area contributed by atoms with Crippen LogP contribution in [-0.2, 0) is 9.53 Å². The number of nitrogens with one attached hydrogen (secondary N) is 1. The highest BCUT2D eigenvalue weighted by atomic mass is 16.5. The Balaban J connectivity index is 3.84. The molecule has 0 spiro atoms. The molecule has 0 aliphatic rings. The molecular formula is C6H9NO2. The number of likely N-dealkylation sites (N-methyl/N-ethyl adjacent to an activating group) is 1. The van der Waals surface area contributed by atoms with Gasteiger partial charge in [0.15, 0.2) is 6.04 Å². The van der Waals surface area contributed by atoms with Crippen LogP contribution in [0.2, 0.25) is 0 Å². The van der Waals surface area contributed by atoms with E-state index in [9.17, 15) is 4.79 Å². The minimum Gasteiger partial charge on any atom is -0.467 e. The summed E-state index contributed by atoms with van der Waals surface area (Å²) in [6.07, 6.45) is 4.95. The third-order valence-corrected chi connectivity index (χ3v) is 0.892. The quantitative estimate of drug-likeness (QED) is 0.397. The highest BCUT2D eigenvalue weighted by Gasteiger charge is 2.11. The van der Waals surface area contributed by atoms with E-state index in [2.05, 4.69) is 16.0 Å². The van der Waals surface area contributed by atoms with Gasteiger partial charge in [0.2, 0.25) is 0 Å². The van der Waals surface area contributed by atoms with Gasteiger partial charge in [-0.05, 0) is 7.05 Å². The molecule has 0 saturated heterocycles. The summed E-state index contributed by atoms with van der Waals surface area (Å²) in [5.41, 5.74) is 0. The summed E-state index contributed by atoms with van der Waals surface area (Å²) in [6.45, 7) is 0. The number of methoxy groups -OCH3 is 1. The summed E-state index contributed by atoms with van der Waals surface area (Å²) in [5.74, 6) is 1.79. The lowest BCUT2D eigenvalue weighted by Gasteiger charge is -2.04. The van der Waals surface area contributed by atoms with Gasteiger partial charge >= 0.3 is 5.97 Å². The first-order valence-corrected chi connectivity index (χ1v) is 2.47. The third-order valence-electron chi connectivity index (χ3n) is 0.892. The van der Waals surface area contributed by atoms with Crippen LogP contribution in [0.5, 0.6) is 0 Å². The van der Waals surface area contributed by atoms with Gasteiger partial charge in [-0.15, -0.1) is 6.42 Å². The fourth-order valence-electron chi connectivity index (χ4n) is 0.387. The highest BCUT2D eigenvalue weighted by Crippen LogP contribution is 1.81. The topological polar surface area (TPSA) is 38.3 Å². The van der Waals surface area contributed by atoms with Gasteiger partial charge < -0.3 is 4.74 Å². The van der Waals surface area contributed by atoms with Crippen molar-refractivity contribution in [2.24, 2.45) is 0 Å². The van der Waals surface area contributed by atoms with Crippen LogP contribution in [0, 0.1) is 12.3 Å². The molecule has 0 unspecified atom stereocenters. The maximum Gasteiger partial charge on any atom is 0.335 e. The van der Waals surface area contributed by atoms with Crippen molar-refractivity contribution in [3.63, 3.8) is 0 Å². The number of carbonyl (C=O) groups excluding carboxylic acids is 1. The Hall–Kier alpha value is -1.01. The largest absolute Gasteiger partial charge is 0.467 e. The Morgan fingerprint density at radius 3 is 2.56 bits per heavy atom. The van der Waals surface area contributed by atoms with Gasteiger partial charge in [-0.1, -0.05) is 5.92 Å². The minimum atomic E-state index is -0.616. The molecule has 0 aliphatic carbocycles. The Bertz CT molecular complexity index is 136. The van der Waals surface area contributed by atoms with E-state index in [0.29, 0.717) is 0 Å². The molecule has 0 heterocycles. The molecule has 0 rings (SSSR count). The van der Waals surface area contributed by atoms with Gasteiger partial charge in [-0.25, -0.2) is 4.79 Å². The van der Waals surface area contributed by atoms with E-state index >= 15 is 0 Å². The summed E-state index contributed by atoms with van der Waals surface area (Å²) in [6, 6.07) is -0.616. The van der Waals surface area contributed by atoms with E-state index in [0.717, 1.165) is 0 Å². The van der Waals surface area contributed by atoms with Crippen LogP contribution >= 0.6 is 0 Å². The normalized spacial score (nSPS) is 11.7. The fourth-order valence-corrected chi connectivity index (χ4v) is 0.387. The van der Waals surface area contributed by atoms with Gasteiger partial charge in [0, 0.05) is 0 Å². The molecular weight excluding hydrogens is 118 g/mol. The number of carbonyl (C=O) groups is 1. The second kappa shape index (κ2) is 3.93. The van der Waals surface area contributed by atoms with Crippen LogP contribution in [-0.4, -0.2) is 26.2 Å². The van der Waals surface area contributed by atoms with E-state index in [1.54, 1.807) is 7.05 Å². The molecule has 0 aromatic heterocycles. The molecule has 0 radical (unpaired) electrons. The molecule has 1 atom stereocenters. The van der Waals surface area contributed by atoms with Crippen LogP contribution < -0.4 is 5.32 Å². The van der Waals surface area contributed by atoms with Crippen molar-refractivity contribution in [3.8, 4) is 12.3 Å². The molecule has 0 amide bonds. The Morgan fingerprint density at radius 2 is 2.44 bits per heavy atom. The van der Waals surface area contributed by atoms with Crippen molar-refractivity contribution < 1.29 is 9.53 Å². The molecule has 0 saturated carbocycles. The molecule has 3 heteroatoms. The summed E-state index contributed by atoms with van der Waals surface area (Å²) >= 11 is 0. The molecule has 0 aromatic rings. The van der Waals surface area contributed by atoms with Gasteiger partial charge in [-0.3, -0.25) is 5.32 Å². The number of ether oxygens (including phenoxy) is 1. The van der Waals surface area contributed by atoms with E-state index < -0.39 is 12.0 Å². The predicted octanol–water partition coefficient (Wildman–Crippen LogP) is -0.619. The van der Waals surface area contributed by atoms with Crippen molar-refractivity contribution in [1.82, 2.24) is 5.32 Å². The summed E-state index contributed by atoms with van der Waals surface area (Å²) in [7, 11) is 2.89. The zero-order valence-electron chi connectivity index (χ0n) is 5.47. The van der Waals surface area contributed by atoms with Crippen LogP contribution in [0.25, 0.3) is 0 Å².